The maximum absolute atomic E-state index is 6.04. The first-order valence-corrected chi connectivity index (χ1v) is 8.51. The molecule has 0 amide bonds. The van der Waals surface area contributed by atoms with E-state index in [0.717, 1.165) is 36.6 Å². The number of methoxy groups -OCH3 is 1. The van der Waals surface area contributed by atoms with Crippen molar-refractivity contribution < 1.29 is 9.47 Å². The van der Waals surface area contributed by atoms with Crippen LogP contribution in [-0.4, -0.2) is 19.3 Å². The van der Waals surface area contributed by atoms with Crippen molar-refractivity contribution in [3.63, 3.8) is 0 Å². The SMILES string of the molecule is CCCCCCCOc1c(CNC(C)(C)C)cccc1OC. The lowest BCUT2D eigenvalue weighted by Gasteiger charge is -2.22. The third-order valence-electron chi connectivity index (χ3n) is 3.58. The predicted molar refractivity (Wildman–Crippen MR) is 93.8 cm³/mol. The molecule has 0 heterocycles. The van der Waals surface area contributed by atoms with Crippen molar-refractivity contribution in [2.45, 2.75) is 71.9 Å². The Hall–Kier alpha value is -1.22. The molecule has 0 saturated heterocycles. The lowest BCUT2D eigenvalue weighted by atomic mass is 10.1. The fourth-order valence-corrected chi connectivity index (χ4v) is 2.27. The second-order valence-electron chi connectivity index (χ2n) is 6.81. The minimum Gasteiger partial charge on any atom is -0.493 e. The molecule has 0 saturated carbocycles. The first-order chi connectivity index (χ1) is 10.5. The zero-order valence-corrected chi connectivity index (χ0v) is 15.0. The number of rotatable bonds is 10. The van der Waals surface area contributed by atoms with E-state index in [1.807, 2.05) is 12.1 Å². The highest BCUT2D eigenvalue weighted by Gasteiger charge is 2.14. The number of ether oxygens (including phenoxy) is 2. The van der Waals surface area contributed by atoms with Crippen LogP contribution in [0.15, 0.2) is 18.2 Å². The normalized spacial score (nSPS) is 11.5. The summed E-state index contributed by atoms with van der Waals surface area (Å²) in [7, 11) is 1.70. The summed E-state index contributed by atoms with van der Waals surface area (Å²) in [4.78, 5) is 0. The molecule has 1 aromatic rings. The van der Waals surface area contributed by atoms with E-state index in [2.05, 4.69) is 39.1 Å². The zero-order chi connectivity index (χ0) is 16.4. The van der Waals surface area contributed by atoms with Crippen molar-refractivity contribution in [1.82, 2.24) is 5.32 Å². The molecule has 0 radical (unpaired) electrons. The van der Waals surface area contributed by atoms with Gasteiger partial charge in [-0.2, -0.15) is 0 Å². The Bertz CT molecular complexity index is 424. The Balaban J connectivity index is 2.61. The molecule has 0 aromatic heterocycles. The topological polar surface area (TPSA) is 30.5 Å². The van der Waals surface area contributed by atoms with Crippen LogP contribution in [-0.2, 0) is 6.54 Å². The van der Waals surface area contributed by atoms with Gasteiger partial charge in [-0.3, -0.25) is 0 Å². The third-order valence-corrected chi connectivity index (χ3v) is 3.58. The van der Waals surface area contributed by atoms with Gasteiger partial charge in [-0.1, -0.05) is 44.7 Å². The van der Waals surface area contributed by atoms with Crippen molar-refractivity contribution in [3.8, 4) is 11.5 Å². The Morgan fingerprint density at radius 2 is 1.77 bits per heavy atom. The van der Waals surface area contributed by atoms with E-state index >= 15 is 0 Å². The Morgan fingerprint density at radius 1 is 1.05 bits per heavy atom. The van der Waals surface area contributed by atoms with E-state index in [9.17, 15) is 0 Å². The lowest BCUT2D eigenvalue weighted by molar-refractivity contribution is 0.280. The van der Waals surface area contributed by atoms with E-state index in [0.29, 0.717) is 0 Å². The average molecular weight is 307 g/mol. The van der Waals surface area contributed by atoms with Crippen LogP contribution >= 0.6 is 0 Å². The van der Waals surface area contributed by atoms with Crippen LogP contribution in [0.3, 0.4) is 0 Å². The number of hydrogen-bond acceptors (Lipinski definition) is 3. The minimum absolute atomic E-state index is 0.0838. The van der Waals surface area contributed by atoms with Crippen LogP contribution in [0.1, 0.15) is 65.4 Å². The van der Waals surface area contributed by atoms with Crippen molar-refractivity contribution in [2.24, 2.45) is 0 Å². The smallest absolute Gasteiger partial charge is 0.165 e. The van der Waals surface area contributed by atoms with Gasteiger partial charge in [0.05, 0.1) is 13.7 Å². The van der Waals surface area contributed by atoms with E-state index in [-0.39, 0.29) is 5.54 Å². The first kappa shape index (κ1) is 18.8. The minimum atomic E-state index is 0.0838. The molecule has 0 spiro atoms. The number of para-hydroxylation sites is 1. The highest BCUT2D eigenvalue weighted by Crippen LogP contribution is 2.31. The maximum Gasteiger partial charge on any atom is 0.165 e. The molecule has 126 valence electrons. The van der Waals surface area contributed by atoms with Crippen LogP contribution in [0, 0.1) is 0 Å². The Labute approximate surface area is 136 Å². The number of unbranched alkanes of at least 4 members (excludes halogenated alkanes) is 4. The zero-order valence-electron chi connectivity index (χ0n) is 15.0. The highest BCUT2D eigenvalue weighted by molar-refractivity contribution is 5.46. The molecule has 3 nitrogen and oxygen atoms in total. The molecule has 1 aromatic carbocycles. The highest BCUT2D eigenvalue weighted by atomic mass is 16.5. The van der Waals surface area contributed by atoms with Gasteiger partial charge >= 0.3 is 0 Å². The van der Waals surface area contributed by atoms with E-state index in [1.54, 1.807) is 7.11 Å². The number of nitrogens with one attached hydrogen (secondary N) is 1. The van der Waals surface area contributed by atoms with E-state index < -0.39 is 0 Å². The summed E-state index contributed by atoms with van der Waals surface area (Å²) in [6.07, 6.45) is 6.22. The van der Waals surface area contributed by atoms with Crippen LogP contribution < -0.4 is 14.8 Å². The summed E-state index contributed by atoms with van der Waals surface area (Å²) in [6.45, 7) is 10.3. The summed E-state index contributed by atoms with van der Waals surface area (Å²) in [5.41, 5.74) is 1.24. The molecule has 0 fully saturated rings. The molecule has 0 bridgehead atoms. The molecule has 0 atom stereocenters. The van der Waals surface area contributed by atoms with Crippen LogP contribution in [0.2, 0.25) is 0 Å². The van der Waals surface area contributed by atoms with Gasteiger partial charge in [0.2, 0.25) is 0 Å². The van der Waals surface area contributed by atoms with Crippen LogP contribution in [0.5, 0.6) is 11.5 Å². The van der Waals surface area contributed by atoms with Gasteiger partial charge in [-0.15, -0.1) is 0 Å². The second kappa shape index (κ2) is 9.73. The fraction of sp³-hybridized carbons (Fsp3) is 0.684. The number of hydrogen-bond donors (Lipinski definition) is 1. The number of benzene rings is 1. The Kier molecular flexibility index (Phi) is 8.32. The van der Waals surface area contributed by atoms with Gasteiger partial charge < -0.3 is 14.8 Å². The van der Waals surface area contributed by atoms with Gasteiger partial charge in [0, 0.05) is 17.6 Å². The molecule has 0 aliphatic heterocycles. The summed E-state index contributed by atoms with van der Waals surface area (Å²) >= 11 is 0. The monoisotopic (exact) mass is 307 g/mol. The molecular weight excluding hydrogens is 274 g/mol. The maximum atomic E-state index is 6.04. The molecular formula is C19H33NO2. The fourth-order valence-electron chi connectivity index (χ4n) is 2.27. The summed E-state index contributed by atoms with van der Waals surface area (Å²) in [6, 6.07) is 6.09. The molecule has 0 aliphatic carbocycles. The standard InChI is InChI=1S/C19H33NO2/c1-6-7-8-9-10-14-22-18-16(15-20-19(2,3)4)12-11-13-17(18)21-5/h11-13,20H,6-10,14-15H2,1-5H3. The lowest BCUT2D eigenvalue weighted by Crippen LogP contribution is -2.35. The van der Waals surface area contributed by atoms with Gasteiger partial charge in [0.15, 0.2) is 11.5 Å². The molecule has 22 heavy (non-hydrogen) atoms. The van der Waals surface area contributed by atoms with E-state index in [4.69, 9.17) is 9.47 Å². The van der Waals surface area contributed by atoms with Crippen molar-refractivity contribution in [2.75, 3.05) is 13.7 Å². The van der Waals surface area contributed by atoms with E-state index in [1.165, 1.54) is 25.7 Å². The molecule has 3 heteroatoms. The average Bonchev–Trinajstić information content (AvgIpc) is 2.48. The van der Waals surface area contributed by atoms with Crippen LogP contribution in [0.4, 0.5) is 0 Å². The van der Waals surface area contributed by atoms with Gasteiger partial charge in [0.25, 0.3) is 0 Å². The van der Waals surface area contributed by atoms with Crippen molar-refractivity contribution in [1.29, 1.82) is 0 Å². The summed E-state index contributed by atoms with van der Waals surface area (Å²) < 4.78 is 11.5. The van der Waals surface area contributed by atoms with Crippen LogP contribution in [0.25, 0.3) is 0 Å². The second-order valence-corrected chi connectivity index (χ2v) is 6.81. The largest absolute Gasteiger partial charge is 0.493 e. The third kappa shape index (κ3) is 7.17. The summed E-state index contributed by atoms with van der Waals surface area (Å²) in [5.74, 6) is 1.71. The molecule has 0 aliphatic rings. The van der Waals surface area contributed by atoms with Crippen molar-refractivity contribution in [3.05, 3.63) is 23.8 Å². The molecule has 1 N–H and O–H groups in total. The van der Waals surface area contributed by atoms with Crippen molar-refractivity contribution >= 4 is 0 Å². The summed E-state index contributed by atoms with van der Waals surface area (Å²) in [5, 5.41) is 3.51. The van der Waals surface area contributed by atoms with Gasteiger partial charge in [0.1, 0.15) is 0 Å². The first-order valence-electron chi connectivity index (χ1n) is 8.51. The van der Waals surface area contributed by atoms with Gasteiger partial charge in [-0.25, -0.2) is 0 Å². The van der Waals surface area contributed by atoms with Gasteiger partial charge in [-0.05, 0) is 33.3 Å². The predicted octanol–water partition coefficient (Wildman–Crippen LogP) is 4.93. The molecule has 1 rings (SSSR count). The quantitative estimate of drug-likeness (QED) is 0.622. The Morgan fingerprint density at radius 3 is 2.41 bits per heavy atom. The molecule has 0 unspecified atom stereocenters.